The molecule has 0 aliphatic carbocycles. The number of halogens is 2. The van der Waals surface area contributed by atoms with Crippen LogP contribution >= 0.6 is 30.6 Å². The highest BCUT2D eigenvalue weighted by molar-refractivity contribution is 7.74. The van der Waals surface area contributed by atoms with Crippen molar-refractivity contribution >= 4 is 59.0 Å². The first kappa shape index (κ1) is 26.6. The molecule has 190 valence electrons. The number of carbonyl (C=O) groups excluding carboxylic acids is 1. The first-order chi connectivity index (χ1) is 17.4. The summed E-state index contributed by atoms with van der Waals surface area (Å²) in [6.45, 7) is 11.5. The van der Waals surface area contributed by atoms with E-state index in [0.717, 1.165) is 29.8 Å². The number of benzene rings is 3. The van der Waals surface area contributed by atoms with Crippen molar-refractivity contribution in [3.05, 3.63) is 76.8 Å². The van der Waals surface area contributed by atoms with Gasteiger partial charge in [-0.25, -0.2) is 18.9 Å². The molecule has 36 heavy (non-hydrogen) atoms. The van der Waals surface area contributed by atoms with E-state index in [2.05, 4.69) is 49.4 Å². The van der Waals surface area contributed by atoms with Crippen molar-refractivity contribution in [2.24, 2.45) is 4.74 Å². The Bertz CT molecular complexity index is 1290. The highest BCUT2D eigenvalue weighted by Crippen LogP contribution is 2.62. The second-order valence-corrected chi connectivity index (χ2v) is 11.8. The molecule has 0 saturated heterocycles. The van der Waals surface area contributed by atoms with E-state index >= 15 is 0 Å². The van der Waals surface area contributed by atoms with Gasteiger partial charge >= 0.3 is 6.09 Å². The first-order valence-corrected chi connectivity index (χ1v) is 14.6. The topological polar surface area (TPSA) is 48.4 Å². The Morgan fingerprint density at radius 3 is 2.17 bits per heavy atom. The lowest BCUT2D eigenvalue weighted by Gasteiger charge is -2.45. The van der Waals surface area contributed by atoms with Gasteiger partial charge in [0.15, 0.2) is 7.36 Å². The molecule has 1 atom stereocenters. The maximum atomic E-state index is 13.9. The smallest absolute Gasteiger partial charge is 0.409 e. The number of ether oxygens (including phenoxy) is 1. The molecular formula is C27H31Cl2N4O2P. The van der Waals surface area contributed by atoms with Gasteiger partial charge in [0.2, 0.25) is 0 Å². The molecule has 1 heterocycles. The van der Waals surface area contributed by atoms with E-state index in [9.17, 15) is 4.79 Å². The van der Waals surface area contributed by atoms with Gasteiger partial charge in [0.05, 0.1) is 26.7 Å². The minimum Gasteiger partial charge on any atom is -0.409 e. The molecule has 4 rings (SSSR count). The van der Waals surface area contributed by atoms with Gasteiger partial charge in [-0.2, -0.15) is 0 Å². The number of hydrogen-bond acceptors (Lipinski definition) is 4. The van der Waals surface area contributed by atoms with Crippen molar-refractivity contribution in [2.75, 3.05) is 35.7 Å². The molecule has 6 nitrogen and oxygen atoms in total. The van der Waals surface area contributed by atoms with Crippen LogP contribution in [0.5, 0.6) is 5.75 Å². The lowest BCUT2D eigenvalue weighted by Crippen LogP contribution is -2.46. The molecule has 0 unspecified atom stereocenters. The van der Waals surface area contributed by atoms with Crippen molar-refractivity contribution in [2.45, 2.75) is 27.7 Å². The van der Waals surface area contributed by atoms with Gasteiger partial charge in [-0.15, -0.1) is 0 Å². The number of amides is 1. The second-order valence-electron chi connectivity index (χ2n) is 8.25. The summed E-state index contributed by atoms with van der Waals surface area (Å²) in [5.74, 6) is 0.542. The third-order valence-corrected chi connectivity index (χ3v) is 10.9. The summed E-state index contributed by atoms with van der Waals surface area (Å²) >= 11 is 12.7. The van der Waals surface area contributed by atoms with E-state index in [1.54, 1.807) is 22.9 Å². The molecule has 3 aromatic carbocycles. The Labute approximate surface area is 223 Å². The summed E-state index contributed by atoms with van der Waals surface area (Å²) in [4.78, 5) is 16.1. The maximum Gasteiger partial charge on any atom is 0.425 e. The summed E-state index contributed by atoms with van der Waals surface area (Å²) in [7, 11) is -2.91. The van der Waals surface area contributed by atoms with E-state index < -0.39 is 13.4 Å². The Balaban J connectivity index is 2.09. The van der Waals surface area contributed by atoms with Crippen LogP contribution in [0.15, 0.2) is 71.5 Å². The third-order valence-electron chi connectivity index (χ3n) is 6.33. The van der Waals surface area contributed by atoms with Crippen LogP contribution in [0.2, 0.25) is 10.0 Å². The Morgan fingerprint density at radius 1 is 0.861 bits per heavy atom. The van der Waals surface area contributed by atoms with Crippen LogP contribution in [0, 0.1) is 0 Å². The van der Waals surface area contributed by atoms with E-state index in [4.69, 9.17) is 32.7 Å². The minimum atomic E-state index is -2.91. The van der Waals surface area contributed by atoms with Crippen molar-refractivity contribution in [3.63, 3.8) is 0 Å². The molecule has 0 radical (unpaired) electrons. The number of carbonyl (C=O) groups is 1. The fourth-order valence-electron chi connectivity index (χ4n) is 4.57. The third kappa shape index (κ3) is 4.76. The van der Waals surface area contributed by atoms with E-state index in [1.165, 1.54) is 0 Å². The Kier molecular flexibility index (Phi) is 8.31. The molecule has 0 aromatic heterocycles. The van der Waals surface area contributed by atoms with Gasteiger partial charge in [-0.3, -0.25) is 0 Å². The van der Waals surface area contributed by atoms with Crippen LogP contribution in [0.3, 0.4) is 0 Å². The summed E-state index contributed by atoms with van der Waals surface area (Å²) < 4.78 is 15.3. The van der Waals surface area contributed by atoms with Gasteiger partial charge in [0, 0.05) is 37.9 Å². The van der Waals surface area contributed by atoms with Crippen molar-refractivity contribution in [3.8, 4) is 5.75 Å². The lowest BCUT2D eigenvalue weighted by molar-refractivity contribution is 0.210. The first-order valence-electron chi connectivity index (χ1n) is 12.2. The largest absolute Gasteiger partial charge is 0.425 e. The molecular weight excluding hydrogens is 514 g/mol. The summed E-state index contributed by atoms with van der Waals surface area (Å²) in [5, 5.41) is 1.67. The SMILES string of the molecule is CCN(CC)c1ccc2c(c1)OC(=O)N(c1ccc(Cl)c(Cl)c1)[P@]2(=Nc1ccccc1)N(CC)CC. The van der Waals surface area contributed by atoms with Gasteiger partial charge in [-0.05, 0) is 56.3 Å². The molecule has 3 aromatic rings. The van der Waals surface area contributed by atoms with Crippen LogP contribution in [-0.4, -0.2) is 36.9 Å². The maximum absolute atomic E-state index is 13.9. The van der Waals surface area contributed by atoms with Crippen LogP contribution in [0.1, 0.15) is 27.7 Å². The fourth-order valence-corrected chi connectivity index (χ4v) is 8.60. The van der Waals surface area contributed by atoms with E-state index in [0.29, 0.717) is 34.6 Å². The van der Waals surface area contributed by atoms with Crippen molar-refractivity contribution < 1.29 is 9.53 Å². The van der Waals surface area contributed by atoms with Gasteiger partial charge in [0.1, 0.15) is 5.75 Å². The predicted octanol–water partition coefficient (Wildman–Crippen LogP) is 8.19. The fraction of sp³-hybridized carbons (Fsp3) is 0.296. The van der Waals surface area contributed by atoms with Crippen molar-refractivity contribution in [1.82, 2.24) is 4.67 Å². The standard InChI is InChI=1S/C27H31Cl2N4O2P/c1-5-31(6-2)21-15-17-26-25(19-21)35-27(34)33(22-14-16-23(28)24(29)18-22)36(26,32(7-3)8-4)30-20-12-10-9-11-13-20/h9-19H,5-8H2,1-4H3/t36-/m1/s1. The molecule has 0 spiro atoms. The monoisotopic (exact) mass is 544 g/mol. The van der Waals surface area contributed by atoms with Crippen LogP contribution in [0.25, 0.3) is 0 Å². The zero-order valence-corrected chi connectivity index (χ0v) is 23.4. The molecule has 0 bridgehead atoms. The average Bonchev–Trinajstić information content (AvgIpc) is 2.88. The van der Waals surface area contributed by atoms with E-state index in [1.807, 2.05) is 36.4 Å². The Morgan fingerprint density at radius 2 is 1.56 bits per heavy atom. The number of anilines is 2. The highest BCUT2D eigenvalue weighted by atomic mass is 35.5. The molecule has 1 amide bonds. The number of hydrogen-bond donors (Lipinski definition) is 0. The molecule has 1 aliphatic heterocycles. The molecule has 1 aliphatic rings. The van der Waals surface area contributed by atoms with Gasteiger partial charge < -0.3 is 9.64 Å². The second kappa shape index (κ2) is 11.3. The minimum absolute atomic E-state index is 0.363. The molecule has 9 heteroatoms. The van der Waals surface area contributed by atoms with Crippen LogP contribution in [0.4, 0.5) is 21.9 Å². The zero-order chi connectivity index (χ0) is 25.9. The number of nitrogens with zero attached hydrogens (tertiary/aromatic N) is 4. The van der Waals surface area contributed by atoms with Gasteiger partial charge in [-0.1, -0.05) is 55.2 Å². The van der Waals surface area contributed by atoms with Crippen LogP contribution in [-0.2, 0) is 0 Å². The summed E-state index contributed by atoms with van der Waals surface area (Å²) in [5.41, 5.74) is 2.39. The molecule has 0 fully saturated rings. The summed E-state index contributed by atoms with van der Waals surface area (Å²) in [6, 6.07) is 21.1. The molecule has 0 N–H and O–H groups in total. The predicted molar refractivity (Wildman–Crippen MR) is 153 cm³/mol. The zero-order valence-electron chi connectivity index (χ0n) is 21.0. The lowest BCUT2D eigenvalue weighted by atomic mass is 10.2. The van der Waals surface area contributed by atoms with E-state index in [-0.39, 0.29) is 0 Å². The molecule has 0 saturated carbocycles. The van der Waals surface area contributed by atoms with Crippen molar-refractivity contribution in [1.29, 1.82) is 0 Å². The quantitative estimate of drug-likeness (QED) is 0.268. The normalized spacial score (nSPS) is 17.1. The number of fused-ring (bicyclic) bond motifs is 1. The summed E-state index contributed by atoms with van der Waals surface area (Å²) in [6.07, 6.45) is -0.488. The van der Waals surface area contributed by atoms with Crippen LogP contribution < -0.4 is 19.6 Å². The van der Waals surface area contributed by atoms with Gasteiger partial charge in [0.25, 0.3) is 0 Å². The highest BCUT2D eigenvalue weighted by Gasteiger charge is 2.46. The Hall–Kier alpha value is -2.50. The average molecular weight is 545 g/mol. The number of rotatable bonds is 8.